The quantitative estimate of drug-likeness (QED) is 0.645. The Balaban J connectivity index is 2.15. The zero-order chi connectivity index (χ0) is 11.1. The first-order valence-corrected chi connectivity index (χ1v) is 5.99. The standard InChI is InChI=1S/C11H14BrNOS/c12-10-5-3-9(4-6-10)8-14-7-1-2-11(13)15/h3-6H,1-2,7-8H2,(H2,13,15). The highest BCUT2D eigenvalue weighted by molar-refractivity contribution is 9.10. The molecule has 0 aromatic heterocycles. The number of halogens is 1. The summed E-state index contributed by atoms with van der Waals surface area (Å²) in [4.78, 5) is 0.558. The van der Waals surface area contributed by atoms with Crippen LogP contribution in [0.4, 0.5) is 0 Å². The first-order chi connectivity index (χ1) is 7.18. The summed E-state index contributed by atoms with van der Waals surface area (Å²) in [5.74, 6) is 0. The normalized spacial score (nSPS) is 10.2. The van der Waals surface area contributed by atoms with E-state index in [1.165, 1.54) is 5.56 Å². The van der Waals surface area contributed by atoms with E-state index in [-0.39, 0.29) is 0 Å². The van der Waals surface area contributed by atoms with Crippen LogP contribution in [0, 0.1) is 0 Å². The molecule has 82 valence electrons. The van der Waals surface area contributed by atoms with Crippen LogP contribution in [0.5, 0.6) is 0 Å². The molecule has 0 radical (unpaired) electrons. The first-order valence-electron chi connectivity index (χ1n) is 4.79. The van der Waals surface area contributed by atoms with Crippen molar-refractivity contribution in [2.45, 2.75) is 19.4 Å². The third-order valence-corrected chi connectivity index (χ3v) is 2.63. The van der Waals surface area contributed by atoms with E-state index in [9.17, 15) is 0 Å². The zero-order valence-corrected chi connectivity index (χ0v) is 10.8. The molecule has 2 nitrogen and oxygen atoms in total. The highest BCUT2D eigenvalue weighted by Gasteiger charge is 1.94. The van der Waals surface area contributed by atoms with E-state index in [0.717, 1.165) is 17.3 Å². The summed E-state index contributed by atoms with van der Waals surface area (Å²) in [6, 6.07) is 8.09. The number of thiocarbonyl (C=S) groups is 1. The Morgan fingerprint density at radius 1 is 1.33 bits per heavy atom. The second-order valence-corrected chi connectivity index (χ2v) is 4.69. The van der Waals surface area contributed by atoms with Gasteiger partial charge < -0.3 is 10.5 Å². The third-order valence-electron chi connectivity index (χ3n) is 1.89. The van der Waals surface area contributed by atoms with E-state index in [0.29, 0.717) is 18.2 Å². The molecule has 0 saturated carbocycles. The van der Waals surface area contributed by atoms with Crippen LogP contribution in [0.25, 0.3) is 0 Å². The van der Waals surface area contributed by atoms with Crippen LogP contribution in [-0.2, 0) is 11.3 Å². The summed E-state index contributed by atoms with van der Waals surface area (Å²) < 4.78 is 6.56. The van der Waals surface area contributed by atoms with Crippen molar-refractivity contribution in [3.05, 3.63) is 34.3 Å². The molecule has 4 heteroatoms. The van der Waals surface area contributed by atoms with Crippen LogP contribution in [0.1, 0.15) is 18.4 Å². The Morgan fingerprint density at radius 3 is 2.60 bits per heavy atom. The molecule has 0 saturated heterocycles. The molecule has 0 unspecified atom stereocenters. The van der Waals surface area contributed by atoms with E-state index in [2.05, 4.69) is 15.9 Å². The molecular weight excluding hydrogens is 274 g/mol. The van der Waals surface area contributed by atoms with Crippen LogP contribution in [0.3, 0.4) is 0 Å². The molecule has 1 aromatic carbocycles. The Bertz CT molecular complexity index is 313. The van der Waals surface area contributed by atoms with Crippen molar-refractivity contribution < 1.29 is 4.74 Å². The van der Waals surface area contributed by atoms with Gasteiger partial charge in [0.15, 0.2) is 0 Å². The molecule has 1 aromatic rings. The average molecular weight is 288 g/mol. The van der Waals surface area contributed by atoms with Crippen molar-refractivity contribution in [2.75, 3.05) is 6.61 Å². The summed E-state index contributed by atoms with van der Waals surface area (Å²) >= 11 is 8.16. The fraction of sp³-hybridized carbons (Fsp3) is 0.364. The molecule has 0 atom stereocenters. The highest BCUT2D eigenvalue weighted by Crippen LogP contribution is 2.11. The second-order valence-electron chi connectivity index (χ2n) is 3.25. The number of benzene rings is 1. The topological polar surface area (TPSA) is 35.2 Å². The molecule has 0 fully saturated rings. The zero-order valence-electron chi connectivity index (χ0n) is 8.41. The van der Waals surface area contributed by atoms with Crippen molar-refractivity contribution in [2.24, 2.45) is 5.73 Å². The minimum atomic E-state index is 0.558. The van der Waals surface area contributed by atoms with Gasteiger partial charge in [0.2, 0.25) is 0 Å². The van der Waals surface area contributed by atoms with Crippen LogP contribution in [0.15, 0.2) is 28.7 Å². The van der Waals surface area contributed by atoms with Crippen molar-refractivity contribution >= 4 is 33.1 Å². The minimum Gasteiger partial charge on any atom is -0.393 e. The molecule has 0 amide bonds. The van der Waals surface area contributed by atoms with Gasteiger partial charge in [0.25, 0.3) is 0 Å². The van der Waals surface area contributed by atoms with Gasteiger partial charge in [-0.15, -0.1) is 0 Å². The van der Waals surface area contributed by atoms with Gasteiger partial charge in [-0.05, 0) is 30.5 Å². The lowest BCUT2D eigenvalue weighted by molar-refractivity contribution is 0.120. The maximum Gasteiger partial charge on any atom is 0.0728 e. The van der Waals surface area contributed by atoms with Crippen molar-refractivity contribution in [1.82, 2.24) is 0 Å². The van der Waals surface area contributed by atoms with Crippen LogP contribution in [-0.4, -0.2) is 11.6 Å². The van der Waals surface area contributed by atoms with Gasteiger partial charge in [-0.1, -0.05) is 40.3 Å². The van der Waals surface area contributed by atoms with Crippen LogP contribution in [0.2, 0.25) is 0 Å². The van der Waals surface area contributed by atoms with Gasteiger partial charge in [-0.2, -0.15) is 0 Å². The highest BCUT2D eigenvalue weighted by atomic mass is 79.9. The average Bonchev–Trinajstić information content (AvgIpc) is 2.20. The third kappa shape index (κ3) is 5.87. The van der Waals surface area contributed by atoms with Gasteiger partial charge in [-0.3, -0.25) is 0 Å². The van der Waals surface area contributed by atoms with Crippen molar-refractivity contribution in [3.8, 4) is 0 Å². The molecule has 2 N–H and O–H groups in total. The number of hydrogen-bond donors (Lipinski definition) is 1. The molecular formula is C11H14BrNOS. The molecule has 1 rings (SSSR count). The summed E-state index contributed by atoms with van der Waals surface area (Å²) in [5.41, 5.74) is 6.55. The summed E-state index contributed by atoms with van der Waals surface area (Å²) in [7, 11) is 0. The van der Waals surface area contributed by atoms with Gasteiger partial charge >= 0.3 is 0 Å². The predicted molar refractivity (Wildman–Crippen MR) is 69.8 cm³/mol. The molecule has 0 aliphatic carbocycles. The molecule has 15 heavy (non-hydrogen) atoms. The molecule has 0 aliphatic heterocycles. The van der Waals surface area contributed by atoms with Gasteiger partial charge in [0.05, 0.1) is 11.6 Å². The second kappa shape index (κ2) is 6.93. The Morgan fingerprint density at radius 2 is 2.00 bits per heavy atom. The summed E-state index contributed by atoms with van der Waals surface area (Å²) in [6.07, 6.45) is 1.65. The van der Waals surface area contributed by atoms with E-state index in [1.807, 2.05) is 24.3 Å². The Labute approximate surface area is 104 Å². The predicted octanol–water partition coefficient (Wildman–Crippen LogP) is 3.03. The molecule has 0 bridgehead atoms. The maximum atomic E-state index is 5.48. The summed E-state index contributed by atoms with van der Waals surface area (Å²) in [5, 5.41) is 0. The molecule has 0 spiro atoms. The van der Waals surface area contributed by atoms with E-state index in [4.69, 9.17) is 22.7 Å². The monoisotopic (exact) mass is 287 g/mol. The Kier molecular flexibility index (Phi) is 5.83. The first kappa shape index (κ1) is 12.6. The maximum absolute atomic E-state index is 5.48. The lowest BCUT2D eigenvalue weighted by Gasteiger charge is -2.04. The number of nitrogens with two attached hydrogens (primary N) is 1. The lowest BCUT2D eigenvalue weighted by atomic mass is 10.2. The van der Waals surface area contributed by atoms with Gasteiger partial charge in [0, 0.05) is 11.1 Å². The van der Waals surface area contributed by atoms with E-state index < -0.39 is 0 Å². The van der Waals surface area contributed by atoms with E-state index >= 15 is 0 Å². The van der Waals surface area contributed by atoms with Gasteiger partial charge in [-0.25, -0.2) is 0 Å². The fourth-order valence-corrected chi connectivity index (χ4v) is 1.53. The largest absolute Gasteiger partial charge is 0.393 e. The lowest BCUT2D eigenvalue weighted by Crippen LogP contribution is -2.08. The van der Waals surface area contributed by atoms with Crippen molar-refractivity contribution in [3.63, 3.8) is 0 Å². The number of ether oxygens (including phenoxy) is 1. The van der Waals surface area contributed by atoms with Gasteiger partial charge in [0.1, 0.15) is 0 Å². The molecule has 0 heterocycles. The van der Waals surface area contributed by atoms with Crippen LogP contribution >= 0.6 is 28.1 Å². The smallest absolute Gasteiger partial charge is 0.0728 e. The fourth-order valence-electron chi connectivity index (χ4n) is 1.12. The molecule has 0 aliphatic rings. The number of hydrogen-bond acceptors (Lipinski definition) is 2. The Hall–Kier alpha value is -0.450. The van der Waals surface area contributed by atoms with Crippen molar-refractivity contribution in [1.29, 1.82) is 0 Å². The number of rotatable bonds is 6. The SMILES string of the molecule is NC(=S)CCCOCc1ccc(Br)cc1. The minimum absolute atomic E-state index is 0.558. The summed E-state index contributed by atoms with van der Waals surface area (Å²) in [6.45, 7) is 1.35. The van der Waals surface area contributed by atoms with E-state index in [1.54, 1.807) is 0 Å². The van der Waals surface area contributed by atoms with Crippen LogP contribution < -0.4 is 5.73 Å².